The first kappa shape index (κ1) is 9.88. The Balaban J connectivity index is 2.08. The number of hydrogen-bond acceptors (Lipinski definition) is 2. The molecule has 0 bridgehead atoms. The SMILES string of the molecule is C=C1CCC[C@H]2Cc3occ(C)c3C(=O)[C@H]12. The van der Waals surface area contributed by atoms with Crippen molar-refractivity contribution in [3.05, 3.63) is 35.3 Å². The van der Waals surface area contributed by atoms with E-state index in [9.17, 15) is 4.79 Å². The molecule has 2 aliphatic rings. The number of hydrogen-bond donors (Lipinski definition) is 0. The van der Waals surface area contributed by atoms with E-state index < -0.39 is 0 Å². The van der Waals surface area contributed by atoms with E-state index >= 15 is 0 Å². The maximum absolute atomic E-state index is 12.4. The molecule has 84 valence electrons. The molecule has 1 aromatic heterocycles. The average Bonchev–Trinajstić information content (AvgIpc) is 2.60. The Bertz CT molecular complexity index is 467. The van der Waals surface area contributed by atoms with Crippen LogP contribution in [-0.4, -0.2) is 5.78 Å². The van der Waals surface area contributed by atoms with Crippen LogP contribution in [0.1, 0.15) is 40.9 Å². The number of carbonyl (C=O) groups excluding carboxylic acids is 1. The Morgan fingerprint density at radius 1 is 1.50 bits per heavy atom. The highest BCUT2D eigenvalue weighted by Gasteiger charge is 2.41. The van der Waals surface area contributed by atoms with Crippen LogP contribution >= 0.6 is 0 Å². The molecule has 3 rings (SSSR count). The summed E-state index contributed by atoms with van der Waals surface area (Å²) >= 11 is 0. The summed E-state index contributed by atoms with van der Waals surface area (Å²) in [5.74, 6) is 1.66. The number of aryl methyl sites for hydroxylation is 1. The van der Waals surface area contributed by atoms with Gasteiger partial charge in [0, 0.05) is 12.3 Å². The van der Waals surface area contributed by atoms with Crippen molar-refractivity contribution in [2.45, 2.75) is 32.6 Å². The molecule has 1 fully saturated rings. The highest BCUT2D eigenvalue weighted by Crippen LogP contribution is 2.43. The summed E-state index contributed by atoms with van der Waals surface area (Å²) in [6.07, 6.45) is 5.94. The topological polar surface area (TPSA) is 30.2 Å². The molecule has 1 saturated carbocycles. The minimum atomic E-state index is 0.0672. The fraction of sp³-hybridized carbons (Fsp3) is 0.500. The van der Waals surface area contributed by atoms with Gasteiger partial charge in [0.15, 0.2) is 5.78 Å². The lowest BCUT2D eigenvalue weighted by atomic mass is 9.67. The van der Waals surface area contributed by atoms with Crippen LogP contribution < -0.4 is 0 Å². The summed E-state index contributed by atoms with van der Waals surface area (Å²) in [6.45, 7) is 6.03. The van der Waals surface area contributed by atoms with E-state index in [1.807, 2.05) is 6.92 Å². The Hall–Kier alpha value is -1.31. The average molecular weight is 216 g/mol. The molecular weight excluding hydrogens is 200 g/mol. The van der Waals surface area contributed by atoms with Crippen LogP contribution in [0.3, 0.4) is 0 Å². The smallest absolute Gasteiger partial charge is 0.174 e. The monoisotopic (exact) mass is 216 g/mol. The van der Waals surface area contributed by atoms with Gasteiger partial charge in [0.2, 0.25) is 0 Å². The zero-order chi connectivity index (χ0) is 11.3. The molecule has 0 spiro atoms. The predicted molar refractivity (Wildman–Crippen MR) is 61.5 cm³/mol. The van der Waals surface area contributed by atoms with Crippen LogP contribution in [0, 0.1) is 18.8 Å². The van der Waals surface area contributed by atoms with Gasteiger partial charge in [0.1, 0.15) is 5.76 Å². The lowest BCUT2D eigenvalue weighted by Crippen LogP contribution is -2.34. The lowest BCUT2D eigenvalue weighted by Gasteiger charge is -2.35. The van der Waals surface area contributed by atoms with Crippen molar-refractivity contribution in [2.24, 2.45) is 11.8 Å². The molecule has 1 heterocycles. The van der Waals surface area contributed by atoms with Crippen molar-refractivity contribution < 1.29 is 9.21 Å². The van der Waals surface area contributed by atoms with Crippen molar-refractivity contribution >= 4 is 5.78 Å². The Labute approximate surface area is 95.3 Å². The number of ketones is 1. The Kier molecular flexibility index (Phi) is 2.06. The third-order valence-electron chi connectivity index (χ3n) is 4.01. The molecule has 0 amide bonds. The van der Waals surface area contributed by atoms with Gasteiger partial charge in [0.05, 0.1) is 11.8 Å². The second-order valence-corrected chi connectivity index (χ2v) is 5.07. The zero-order valence-electron chi connectivity index (χ0n) is 9.58. The summed E-state index contributed by atoms with van der Waals surface area (Å²) in [5, 5.41) is 0. The van der Waals surface area contributed by atoms with Crippen LogP contribution in [0.25, 0.3) is 0 Å². The Morgan fingerprint density at radius 3 is 3.12 bits per heavy atom. The molecule has 0 unspecified atom stereocenters. The fourth-order valence-electron chi connectivity index (χ4n) is 3.24. The Morgan fingerprint density at radius 2 is 2.31 bits per heavy atom. The van der Waals surface area contributed by atoms with E-state index in [0.717, 1.165) is 41.7 Å². The molecule has 0 radical (unpaired) electrons. The molecule has 0 saturated heterocycles. The van der Waals surface area contributed by atoms with Gasteiger partial charge in [-0.05, 0) is 37.7 Å². The molecule has 2 aliphatic carbocycles. The van der Waals surface area contributed by atoms with Crippen molar-refractivity contribution in [3.63, 3.8) is 0 Å². The van der Waals surface area contributed by atoms with Gasteiger partial charge in [-0.1, -0.05) is 12.2 Å². The molecule has 2 nitrogen and oxygen atoms in total. The van der Waals surface area contributed by atoms with E-state index in [-0.39, 0.29) is 11.7 Å². The maximum Gasteiger partial charge on any atom is 0.174 e. The van der Waals surface area contributed by atoms with Gasteiger partial charge in [-0.15, -0.1) is 0 Å². The summed E-state index contributed by atoms with van der Waals surface area (Å²) in [5.41, 5.74) is 2.95. The first-order valence-electron chi connectivity index (χ1n) is 5.97. The van der Waals surface area contributed by atoms with Gasteiger partial charge in [-0.25, -0.2) is 0 Å². The third-order valence-corrected chi connectivity index (χ3v) is 4.01. The molecule has 1 aromatic rings. The summed E-state index contributed by atoms with van der Waals surface area (Å²) < 4.78 is 5.49. The van der Waals surface area contributed by atoms with Crippen LogP contribution in [-0.2, 0) is 6.42 Å². The molecule has 0 aliphatic heterocycles. The minimum absolute atomic E-state index is 0.0672. The van der Waals surface area contributed by atoms with E-state index in [1.54, 1.807) is 6.26 Å². The molecule has 0 aromatic carbocycles. The highest BCUT2D eigenvalue weighted by molar-refractivity contribution is 6.02. The predicted octanol–water partition coefficient (Wildman–Crippen LogP) is 3.30. The fourth-order valence-corrected chi connectivity index (χ4v) is 3.24. The van der Waals surface area contributed by atoms with Gasteiger partial charge in [-0.2, -0.15) is 0 Å². The number of furan rings is 1. The second-order valence-electron chi connectivity index (χ2n) is 5.07. The molecular formula is C14H16O2. The van der Waals surface area contributed by atoms with Crippen molar-refractivity contribution in [3.8, 4) is 0 Å². The van der Waals surface area contributed by atoms with Crippen molar-refractivity contribution in [2.75, 3.05) is 0 Å². The van der Waals surface area contributed by atoms with Gasteiger partial charge >= 0.3 is 0 Å². The van der Waals surface area contributed by atoms with E-state index in [0.29, 0.717) is 5.92 Å². The van der Waals surface area contributed by atoms with E-state index in [2.05, 4.69) is 6.58 Å². The van der Waals surface area contributed by atoms with Crippen LogP contribution in [0.2, 0.25) is 0 Å². The second kappa shape index (κ2) is 3.34. The largest absolute Gasteiger partial charge is 0.468 e. The van der Waals surface area contributed by atoms with Gasteiger partial charge in [-0.3, -0.25) is 4.79 Å². The van der Waals surface area contributed by atoms with E-state index in [1.165, 1.54) is 6.42 Å². The first-order valence-corrected chi connectivity index (χ1v) is 5.97. The van der Waals surface area contributed by atoms with Crippen LogP contribution in [0.4, 0.5) is 0 Å². The number of allylic oxidation sites excluding steroid dienone is 1. The molecule has 2 heteroatoms. The van der Waals surface area contributed by atoms with Crippen LogP contribution in [0.15, 0.2) is 22.8 Å². The number of rotatable bonds is 0. The van der Waals surface area contributed by atoms with Crippen molar-refractivity contribution in [1.82, 2.24) is 0 Å². The summed E-state index contributed by atoms with van der Waals surface area (Å²) in [6, 6.07) is 0. The number of fused-ring (bicyclic) bond motifs is 2. The van der Waals surface area contributed by atoms with Gasteiger partial charge < -0.3 is 4.42 Å². The van der Waals surface area contributed by atoms with Gasteiger partial charge in [0.25, 0.3) is 0 Å². The first-order chi connectivity index (χ1) is 7.68. The number of Topliss-reactive ketones (excluding diaryl/α,β-unsaturated/α-hetero) is 1. The maximum atomic E-state index is 12.4. The normalized spacial score (nSPS) is 28.8. The van der Waals surface area contributed by atoms with Crippen LogP contribution in [0.5, 0.6) is 0 Å². The lowest BCUT2D eigenvalue weighted by molar-refractivity contribution is 0.0851. The quantitative estimate of drug-likeness (QED) is 0.623. The summed E-state index contributed by atoms with van der Waals surface area (Å²) in [7, 11) is 0. The molecule has 16 heavy (non-hydrogen) atoms. The molecule has 2 atom stereocenters. The highest BCUT2D eigenvalue weighted by atomic mass is 16.3. The standard InChI is InChI=1S/C14H16O2/c1-8-4-3-5-10-6-11-13(9(2)7-16-11)14(15)12(8)10/h7,10,12H,1,3-6H2,2H3/t10-,12+/m0/s1. The minimum Gasteiger partial charge on any atom is -0.468 e. The number of carbonyl (C=O) groups is 1. The van der Waals surface area contributed by atoms with E-state index in [4.69, 9.17) is 4.42 Å². The third kappa shape index (κ3) is 1.22. The summed E-state index contributed by atoms with van der Waals surface area (Å²) in [4.78, 5) is 12.4. The zero-order valence-corrected chi connectivity index (χ0v) is 9.58. The van der Waals surface area contributed by atoms with Crippen molar-refractivity contribution in [1.29, 1.82) is 0 Å². The molecule has 0 N–H and O–H groups in total.